The molecule has 1 aromatic rings. The van der Waals surface area contributed by atoms with Crippen LogP contribution in [0.15, 0.2) is 24.3 Å². The summed E-state index contributed by atoms with van der Waals surface area (Å²) in [6, 6.07) is 8.59. The third-order valence-corrected chi connectivity index (χ3v) is 3.05. The molecule has 0 aliphatic carbocycles. The molecule has 0 saturated heterocycles. The van der Waals surface area contributed by atoms with Gasteiger partial charge in [0.25, 0.3) is 0 Å². The fourth-order valence-electron chi connectivity index (χ4n) is 1.78. The lowest BCUT2D eigenvalue weighted by Gasteiger charge is -2.27. The van der Waals surface area contributed by atoms with Gasteiger partial charge in [0.1, 0.15) is 0 Å². The molecule has 17 heavy (non-hydrogen) atoms. The molecule has 96 valence electrons. The second-order valence-corrected chi connectivity index (χ2v) is 5.76. The van der Waals surface area contributed by atoms with Crippen molar-refractivity contribution in [1.82, 2.24) is 0 Å². The second kappa shape index (κ2) is 6.06. The summed E-state index contributed by atoms with van der Waals surface area (Å²) in [5, 5.41) is 0. The Bertz CT molecular complexity index is 322. The van der Waals surface area contributed by atoms with Crippen molar-refractivity contribution >= 4 is 5.69 Å². The van der Waals surface area contributed by atoms with E-state index in [0.717, 1.165) is 13.1 Å². The Labute approximate surface area is 106 Å². The average molecular weight is 234 g/mol. The average Bonchev–Trinajstić information content (AvgIpc) is 2.29. The van der Waals surface area contributed by atoms with E-state index in [2.05, 4.69) is 56.9 Å². The largest absolute Gasteiger partial charge is 0.372 e. The highest BCUT2D eigenvalue weighted by Gasteiger charge is 2.12. The van der Waals surface area contributed by atoms with Gasteiger partial charge in [-0.15, -0.1) is 0 Å². The van der Waals surface area contributed by atoms with Gasteiger partial charge in [0.2, 0.25) is 0 Å². The Balaban J connectivity index is 2.66. The molecule has 0 heterocycles. The van der Waals surface area contributed by atoms with Crippen LogP contribution in [0.25, 0.3) is 0 Å². The number of benzene rings is 1. The van der Waals surface area contributed by atoms with E-state index in [9.17, 15) is 0 Å². The van der Waals surface area contributed by atoms with Crippen molar-refractivity contribution in [2.75, 3.05) is 18.0 Å². The van der Waals surface area contributed by atoms with Crippen LogP contribution in [0.5, 0.6) is 0 Å². The van der Waals surface area contributed by atoms with Gasteiger partial charge in [-0.2, -0.15) is 0 Å². The zero-order valence-electron chi connectivity index (χ0n) is 11.7. The first kappa shape index (κ1) is 14.0. The van der Waals surface area contributed by atoms with Crippen molar-refractivity contribution in [2.45, 2.75) is 40.7 Å². The van der Waals surface area contributed by atoms with Crippen LogP contribution in [0, 0.1) is 5.41 Å². The lowest BCUT2D eigenvalue weighted by Crippen LogP contribution is -2.27. The molecule has 2 nitrogen and oxygen atoms in total. The minimum atomic E-state index is 0.393. The maximum Gasteiger partial charge on any atom is 0.0366 e. The summed E-state index contributed by atoms with van der Waals surface area (Å²) in [6.07, 6.45) is 1.21. The molecule has 0 aliphatic heterocycles. The van der Waals surface area contributed by atoms with E-state index in [4.69, 9.17) is 5.73 Å². The standard InChI is InChI=1S/C15H26N2/c1-5-17(11-10-15(2,3)4)14-8-6-13(12-16)7-9-14/h6-9H,5,10-12,16H2,1-4H3. The molecule has 0 amide bonds. The number of anilines is 1. The molecule has 0 unspecified atom stereocenters. The normalized spacial score (nSPS) is 11.6. The number of nitrogens with zero attached hydrogens (tertiary/aromatic N) is 1. The lowest BCUT2D eigenvalue weighted by atomic mass is 9.92. The predicted octanol–water partition coefficient (Wildman–Crippen LogP) is 3.41. The Morgan fingerprint density at radius 1 is 1.12 bits per heavy atom. The van der Waals surface area contributed by atoms with E-state index >= 15 is 0 Å². The van der Waals surface area contributed by atoms with Crippen LogP contribution in [0.2, 0.25) is 0 Å². The smallest absolute Gasteiger partial charge is 0.0366 e. The molecule has 0 aromatic heterocycles. The Morgan fingerprint density at radius 2 is 1.71 bits per heavy atom. The maximum absolute atomic E-state index is 5.61. The monoisotopic (exact) mass is 234 g/mol. The first-order valence-electron chi connectivity index (χ1n) is 6.50. The van der Waals surface area contributed by atoms with Crippen molar-refractivity contribution in [3.8, 4) is 0 Å². The minimum Gasteiger partial charge on any atom is -0.372 e. The summed E-state index contributed by atoms with van der Waals surface area (Å²) in [6.45, 7) is 11.9. The molecule has 0 radical (unpaired) electrons. The van der Waals surface area contributed by atoms with Crippen LogP contribution in [0.1, 0.15) is 39.7 Å². The third kappa shape index (κ3) is 4.78. The van der Waals surface area contributed by atoms with Gasteiger partial charge in [-0.1, -0.05) is 32.9 Å². The Morgan fingerprint density at radius 3 is 2.12 bits per heavy atom. The molecule has 2 N–H and O–H groups in total. The van der Waals surface area contributed by atoms with Crippen LogP contribution in [0.4, 0.5) is 5.69 Å². The van der Waals surface area contributed by atoms with Crippen LogP contribution >= 0.6 is 0 Å². The highest BCUT2D eigenvalue weighted by Crippen LogP contribution is 2.22. The van der Waals surface area contributed by atoms with Gasteiger partial charge in [0, 0.05) is 25.3 Å². The number of hydrogen-bond acceptors (Lipinski definition) is 2. The molecular weight excluding hydrogens is 208 g/mol. The summed E-state index contributed by atoms with van der Waals surface area (Å²) in [5.41, 5.74) is 8.50. The molecule has 0 bridgehead atoms. The highest BCUT2D eigenvalue weighted by atomic mass is 15.1. The van der Waals surface area contributed by atoms with Gasteiger partial charge in [-0.3, -0.25) is 0 Å². The number of nitrogens with two attached hydrogens (primary N) is 1. The zero-order valence-corrected chi connectivity index (χ0v) is 11.7. The highest BCUT2D eigenvalue weighted by molar-refractivity contribution is 5.47. The fraction of sp³-hybridized carbons (Fsp3) is 0.600. The number of hydrogen-bond donors (Lipinski definition) is 1. The van der Waals surface area contributed by atoms with E-state index in [1.165, 1.54) is 17.7 Å². The molecular formula is C15H26N2. The molecule has 1 rings (SSSR count). The maximum atomic E-state index is 5.61. The molecule has 0 atom stereocenters. The predicted molar refractivity (Wildman–Crippen MR) is 76.3 cm³/mol. The molecule has 0 spiro atoms. The Kier molecular flexibility index (Phi) is 5.01. The zero-order chi connectivity index (χ0) is 12.9. The molecule has 0 aliphatic rings. The van der Waals surface area contributed by atoms with Crippen molar-refractivity contribution < 1.29 is 0 Å². The van der Waals surface area contributed by atoms with Crippen molar-refractivity contribution in [3.05, 3.63) is 29.8 Å². The SMILES string of the molecule is CCN(CCC(C)(C)C)c1ccc(CN)cc1. The van der Waals surface area contributed by atoms with Crippen LogP contribution in [-0.4, -0.2) is 13.1 Å². The van der Waals surface area contributed by atoms with Crippen LogP contribution < -0.4 is 10.6 Å². The first-order chi connectivity index (χ1) is 7.96. The van der Waals surface area contributed by atoms with Gasteiger partial charge < -0.3 is 10.6 Å². The van der Waals surface area contributed by atoms with E-state index in [1.54, 1.807) is 0 Å². The van der Waals surface area contributed by atoms with Crippen molar-refractivity contribution in [1.29, 1.82) is 0 Å². The van der Waals surface area contributed by atoms with Crippen molar-refractivity contribution in [3.63, 3.8) is 0 Å². The first-order valence-corrected chi connectivity index (χ1v) is 6.50. The molecule has 0 saturated carbocycles. The summed E-state index contributed by atoms with van der Waals surface area (Å²) >= 11 is 0. The van der Waals surface area contributed by atoms with Crippen molar-refractivity contribution in [2.24, 2.45) is 11.1 Å². The second-order valence-electron chi connectivity index (χ2n) is 5.76. The topological polar surface area (TPSA) is 29.3 Å². The van der Waals surface area contributed by atoms with E-state index in [0.29, 0.717) is 12.0 Å². The van der Waals surface area contributed by atoms with Gasteiger partial charge in [-0.05, 0) is 36.5 Å². The van der Waals surface area contributed by atoms with E-state index in [1.807, 2.05) is 0 Å². The summed E-state index contributed by atoms with van der Waals surface area (Å²) in [4.78, 5) is 2.42. The molecule has 2 heteroatoms. The third-order valence-electron chi connectivity index (χ3n) is 3.05. The molecule has 1 aromatic carbocycles. The quantitative estimate of drug-likeness (QED) is 0.846. The van der Waals surface area contributed by atoms with Gasteiger partial charge in [-0.25, -0.2) is 0 Å². The lowest BCUT2D eigenvalue weighted by molar-refractivity contribution is 0.379. The minimum absolute atomic E-state index is 0.393. The fourth-order valence-corrected chi connectivity index (χ4v) is 1.78. The van der Waals surface area contributed by atoms with Gasteiger partial charge in [0.05, 0.1) is 0 Å². The van der Waals surface area contributed by atoms with Crippen LogP contribution in [0.3, 0.4) is 0 Å². The van der Waals surface area contributed by atoms with Crippen LogP contribution in [-0.2, 0) is 6.54 Å². The molecule has 0 fully saturated rings. The van der Waals surface area contributed by atoms with E-state index in [-0.39, 0.29) is 0 Å². The van der Waals surface area contributed by atoms with Gasteiger partial charge >= 0.3 is 0 Å². The number of rotatable bonds is 5. The van der Waals surface area contributed by atoms with E-state index < -0.39 is 0 Å². The van der Waals surface area contributed by atoms with Gasteiger partial charge in [0.15, 0.2) is 0 Å². The summed E-state index contributed by atoms with van der Waals surface area (Å²) in [5.74, 6) is 0. The summed E-state index contributed by atoms with van der Waals surface area (Å²) < 4.78 is 0. The summed E-state index contributed by atoms with van der Waals surface area (Å²) in [7, 11) is 0. The Hall–Kier alpha value is -1.02.